The molecule has 2 aliphatic rings. The van der Waals surface area contributed by atoms with Crippen LogP contribution in [0, 0.1) is 0 Å². The van der Waals surface area contributed by atoms with Crippen molar-refractivity contribution < 1.29 is 9.53 Å². The molecule has 2 fully saturated rings. The Morgan fingerprint density at radius 1 is 1.08 bits per heavy atom. The second-order valence-electron chi connectivity index (χ2n) is 7.21. The number of amides is 1. The molecule has 1 saturated heterocycles. The van der Waals surface area contributed by atoms with Crippen molar-refractivity contribution in [2.24, 2.45) is 0 Å². The molecule has 3 rings (SSSR count). The van der Waals surface area contributed by atoms with Gasteiger partial charge in [-0.15, -0.1) is 0 Å². The van der Waals surface area contributed by atoms with Gasteiger partial charge in [0.25, 0.3) is 0 Å². The first-order chi connectivity index (χ1) is 12.2. The first kappa shape index (κ1) is 18.2. The van der Waals surface area contributed by atoms with Crippen LogP contribution in [0.1, 0.15) is 45.4 Å². The Hall–Kier alpha value is -1.59. The molecule has 1 aliphatic carbocycles. The predicted molar refractivity (Wildman–Crippen MR) is 102 cm³/mol. The van der Waals surface area contributed by atoms with E-state index in [1.54, 1.807) is 0 Å². The minimum atomic E-state index is -0.165. The van der Waals surface area contributed by atoms with Crippen LogP contribution in [0.3, 0.4) is 0 Å². The molecule has 1 amide bonds. The lowest BCUT2D eigenvalue weighted by Gasteiger charge is -2.29. The van der Waals surface area contributed by atoms with Crippen molar-refractivity contribution in [2.75, 3.05) is 36.5 Å². The summed E-state index contributed by atoms with van der Waals surface area (Å²) in [4.78, 5) is 14.8. The number of hydrogen-bond acceptors (Lipinski definition) is 4. The van der Waals surface area contributed by atoms with Gasteiger partial charge in [-0.3, -0.25) is 4.79 Å². The highest BCUT2D eigenvalue weighted by Gasteiger charge is 2.19. The van der Waals surface area contributed by atoms with Gasteiger partial charge < -0.3 is 20.3 Å². The van der Waals surface area contributed by atoms with E-state index < -0.39 is 0 Å². The van der Waals surface area contributed by atoms with Crippen molar-refractivity contribution >= 4 is 17.3 Å². The average molecular weight is 345 g/mol. The smallest absolute Gasteiger partial charge is 0.241 e. The molecule has 1 aromatic carbocycles. The number of ether oxygens (including phenoxy) is 1. The van der Waals surface area contributed by atoms with Crippen LogP contribution in [0.15, 0.2) is 24.3 Å². The summed E-state index contributed by atoms with van der Waals surface area (Å²) in [5.74, 6) is 0.0448. The Balaban J connectivity index is 1.49. The fourth-order valence-electron chi connectivity index (χ4n) is 3.70. The third kappa shape index (κ3) is 5.44. The lowest BCUT2D eigenvalue weighted by Crippen LogP contribution is -2.43. The Kier molecular flexibility index (Phi) is 6.70. The molecule has 1 atom stereocenters. The van der Waals surface area contributed by atoms with Gasteiger partial charge in [-0.1, -0.05) is 25.7 Å². The molecule has 2 N–H and O–H groups in total. The molecular formula is C20H31N3O2. The molecule has 0 unspecified atom stereocenters. The summed E-state index contributed by atoms with van der Waals surface area (Å²) in [5, 5.41) is 6.54. The average Bonchev–Trinajstić information content (AvgIpc) is 2.92. The van der Waals surface area contributed by atoms with Gasteiger partial charge in [-0.05, 0) is 44.0 Å². The molecular weight excluding hydrogens is 314 g/mol. The maximum Gasteiger partial charge on any atom is 0.241 e. The van der Waals surface area contributed by atoms with Crippen molar-refractivity contribution in [3.8, 4) is 0 Å². The topological polar surface area (TPSA) is 53.6 Å². The van der Waals surface area contributed by atoms with Crippen LogP contribution in [-0.4, -0.2) is 44.3 Å². The van der Waals surface area contributed by atoms with Crippen molar-refractivity contribution in [3.05, 3.63) is 24.3 Å². The van der Waals surface area contributed by atoms with Crippen molar-refractivity contribution in [1.82, 2.24) is 5.32 Å². The second-order valence-corrected chi connectivity index (χ2v) is 7.21. The molecule has 0 aromatic heterocycles. The van der Waals surface area contributed by atoms with E-state index in [9.17, 15) is 4.79 Å². The van der Waals surface area contributed by atoms with Gasteiger partial charge in [0, 0.05) is 30.5 Å². The number of hydrogen-bond donors (Lipinski definition) is 2. The highest BCUT2D eigenvalue weighted by molar-refractivity contribution is 5.94. The standard InChI is InChI=1S/C20H31N3O2/c1-16(21-17-6-4-2-3-5-7-17)20(24)22-18-8-10-19(11-9-18)23-12-14-25-15-13-23/h8-11,16-17,21H,2-7,12-15H2,1H3,(H,22,24)/t16-/m1/s1. The third-order valence-electron chi connectivity index (χ3n) is 5.25. The maximum atomic E-state index is 12.5. The maximum absolute atomic E-state index is 12.5. The first-order valence-electron chi connectivity index (χ1n) is 9.72. The molecule has 0 spiro atoms. The second kappa shape index (κ2) is 9.20. The van der Waals surface area contributed by atoms with Gasteiger partial charge in [-0.25, -0.2) is 0 Å². The van der Waals surface area contributed by atoms with Crippen molar-refractivity contribution in [2.45, 2.75) is 57.5 Å². The number of carbonyl (C=O) groups excluding carboxylic acids is 1. The van der Waals surface area contributed by atoms with Gasteiger partial charge in [0.05, 0.1) is 19.3 Å². The van der Waals surface area contributed by atoms with E-state index in [2.05, 4.69) is 27.7 Å². The predicted octanol–water partition coefficient (Wildman–Crippen LogP) is 3.16. The normalized spacial score (nSPS) is 20.8. The van der Waals surface area contributed by atoms with Crippen LogP contribution in [0.25, 0.3) is 0 Å². The zero-order valence-electron chi connectivity index (χ0n) is 15.3. The molecule has 1 saturated carbocycles. The van der Waals surface area contributed by atoms with Crippen molar-refractivity contribution in [1.29, 1.82) is 0 Å². The molecule has 0 bridgehead atoms. The molecule has 1 heterocycles. The summed E-state index contributed by atoms with van der Waals surface area (Å²) < 4.78 is 5.39. The summed E-state index contributed by atoms with van der Waals surface area (Å²) in [6.45, 7) is 5.37. The number of carbonyl (C=O) groups is 1. The van der Waals surface area contributed by atoms with Crippen molar-refractivity contribution in [3.63, 3.8) is 0 Å². The lowest BCUT2D eigenvalue weighted by atomic mass is 10.1. The Bertz CT molecular complexity index is 532. The summed E-state index contributed by atoms with van der Waals surface area (Å²) >= 11 is 0. The Morgan fingerprint density at radius 2 is 1.72 bits per heavy atom. The monoisotopic (exact) mass is 345 g/mol. The van der Waals surface area contributed by atoms with Gasteiger partial charge in [0.1, 0.15) is 0 Å². The van der Waals surface area contributed by atoms with E-state index in [0.29, 0.717) is 6.04 Å². The number of nitrogens with zero attached hydrogens (tertiary/aromatic N) is 1. The first-order valence-corrected chi connectivity index (χ1v) is 9.72. The van der Waals surface area contributed by atoms with E-state index in [1.807, 2.05) is 19.1 Å². The minimum absolute atomic E-state index is 0.0448. The van der Waals surface area contributed by atoms with Gasteiger partial charge in [0.15, 0.2) is 0 Å². The number of anilines is 2. The zero-order valence-corrected chi connectivity index (χ0v) is 15.3. The van der Waals surface area contributed by atoms with Crippen LogP contribution in [-0.2, 0) is 9.53 Å². The fourth-order valence-corrected chi connectivity index (χ4v) is 3.70. The molecule has 25 heavy (non-hydrogen) atoms. The van der Waals surface area contributed by atoms with E-state index in [-0.39, 0.29) is 11.9 Å². The SMILES string of the molecule is C[C@@H](NC1CCCCCC1)C(=O)Nc1ccc(N2CCOCC2)cc1. The van der Waals surface area contributed by atoms with Crippen LogP contribution in [0.4, 0.5) is 11.4 Å². The van der Waals surface area contributed by atoms with Crippen LogP contribution in [0.2, 0.25) is 0 Å². The summed E-state index contributed by atoms with van der Waals surface area (Å²) in [6.07, 6.45) is 7.57. The van der Waals surface area contributed by atoms with E-state index in [0.717, 1.165) is 32.0 Å². The van der Waals surface area contributed by atoms with Crippen LogP contribution in [0.5, 0.6) is 0 Å². The minimum Gasteiger partial charge on any atom is -0.378 e. The largest absolute Gasteiger partial charge is 0.378 e. The number of benzene rings is 1. The molecule has 1 aromatic rings. The van der Waals surface area contributed by atoms with E-state index in [1.165, 1.54) is 44.2 Å². The number of morpholine rings is 1. The Morgan fingerprint density at radius 3 is 2.36 bits per heavy atom. The summed E-state index contributed by atoms with van der Waals surface area (Å²) in [6, 6.07) is 8.44. The van der Waals surface area contributed by atoms with Crippen LogP contribution < -0.4 is 15.5 Å². The van der Waals surface area contributed by atoms with Gasteiger partial charge >= 0.3 is 0 Å². The molecule has 1 aliphatic heterocycles. The van der Waals surface area contributed by atoms with Crippen LogP contribution >= 0.6 is 0 Å². The number of rotatable bonds is 5. The highest BCUT2D eigenvalue weighted by Crippen LogP contribution is 2.20. The molecule has 0 radical (unpaired) electrons. The summed E-state index contributed by atoms with van der Waals surface area (Å²) in [5.41, 5.74) is 2.04. The summed E-state index contributed by atoms with van der Waals surface area (Å²) in [7, 11) is 0. The van der Waals surface area contributed by atoms with Gasteiger partial charge in [-0.2, -0.15) is 0 Å². The van der Waals surface area contributed by atoms with E-state index in [4.69, 9.17) is 4.74 Å². The third-order valence-corrected chi connectivity index (χ3v) is 5.25. The lowest BCUT2D eigenvalue weighted by molar-refractivity contribution is -0.118. The Labute approximate surface area is 151 Å². The quantitative estimate of drug-likeness (QED) is 0.805. The molecule has 5 heteroatoms. The van der Waals surface area contributed by atoms with Gasteiger partial charge in [0.2, 0.25) is 5.91 Å². The molecule has 5 nitrogen and oxygen atoms in total. The van der Waals surface area contributed by atoms with E-state index >= 15 is 0 Å². The fraction of sp³-hybridized carbons (Fsp3) is 0.650. The molecule has 138 valence electrons. The number of nitrogens with one attached hydrogen (secondary N) is 2. The zero-order chi connectivity index (χ0) is 17.5. The highest BCUT2D eigenvalue weighted by atomic mass is 16.5.